The number of anilines is 2. The Labute approximate surface area is 128 Å². The van der Waals surface area contributed by atoms with E-state index in [4.69, 9.17) is 0 Å². The molecule has 1 N–H and O–H groups in total. The van der Waals surface area contributed by atoms with Gasteiger partial charge in [0.1, 0.15) is 12.4 Å². The minimum absolute atomic E-state index is 0.342. The van der Waals surface area contributed by atoms with Crippen LogP contribution in [0, 0.1) is 0 Å². The number of piperidine rings is 1. The van der Waals surface area contributed by atoms with Crippen LogP contribution >= 0.6 is 0 Å². The van der Waals surface area contributed by atoms with Crippen LogP contribution in [-0.4, -0.2) is 35.3 Å². The summed E-state index contributed by atoms with van der Waals surface area (Å²) < 4.78 is 25.9. The van der Waals surface area contributed by atoms with E-state index in [2.05, 4.69) is 39.6 Å². The highest BCUT2D eigenvalue weighted by Crippen LogP contribution is 2.21. The van der Waals surface area contributed by atoms with Crippen molar-refractivity contribution in [1.82, 2.24) is 9.78 Å². The molecule has 4 nitrogen and oxygen atoms in total. The highest BCUT2D eigenvalue weighted by molar-refractivity contribution is 5.46. The summed E-state index contributed by atoms with van der Waals surface area (Å²) in [6.45, 7) is 1.62. The van der Waals surface area contributed by atoms with E-state index >= 15 is 0 Å². The van der Waals surface area contributed by atoms with Gasteiger partial charge in [-0.3, -0.25) is 4.68 Å². The molecule has 3 rings (SSSR count). The highest BCUT2D eigenvalue weighted by Gasteiger charge is 2.19. The van der Waals surface area contributed by atoms with Crippen molar-refractivity contribution in [3.8, 4) is 0 Å². The van der Waals surface area contributed by atoms with Crippen LogP contribution in [0.1, 0.15) is 12.8 Å². The molecule has 1 aromatic heterocycles. The first-order valence-electron chi connectivity index (χ1n) is 7.59. The molecule has 1 aliphatic heterocycles. The number of alkyl halides is 2. The quantitative estimate of drug-likeness (QED) is 0.920. The Kier molecular flexibility index (Phi) is 4.56. The SMILES string of the molecule is FC(F)Cn1ccc(NC2CCN(c3ccccc3)CC2)n1. The second-order valence-electron chi connectivity index (χ2n) is 5.56. The molecule has 2 heterocycles. The molecule has 0 bridgehead atoms. The summed E-state index contributed by atoms with van der Waals surface area (Å²) in [5.41, 5.74) is 1.25. The molecule has 2 aromatic rings. The first kappa shape index (κ1) is 14.8. The normalized spacial score (nSPS) is 16.2. The summed E-state index contributed by atoms with van der Waals surface area (Å²) in [6.07, 6.45) is 1.24. The van der Waals surface area contributed by atoms with Gasteiger partial charge in [-0.2, -0.15) is 5.10 Å². The molecule has 0 radical (unpaired) electrons. The lowest BCUT2D eigenvalue weighted by Crippen LogP contribution is -2.39. The Morgan fingerprint density at radius 3 is 2.55 bits per heavy atom. The van der Waals surface area contributed by atoms with E-state index in [-0.39, 0.29) is 6.54 Å². The summed E-state index contributed by atoms with van der Waals surface area (Å²) in [4.78, 5) is 2.37. The van der Waals surface area contributed by atoms with E-state index in [1.165, 1.54) is 10.4 Å². The molecule has 1 aromatic carbocycles. The fourth-order valence-electron chi connectivity index (χ4n) is 2.81. The van der Waals surface area contributed by atoms with Gasteiger partial charge >= 0.3 is 0 Å². The Morgan fingerprint density at radius 2 is 1.86 bits per heavy atom. The molecule has 0 unspecified atom stereocenters. The van der Waals surface area contributed by atoms with Gasteiger partial charge in [-0.15, -0.1) is 0 Å². The molecule has 1 saturated heterocycles. The van der Waals surface area contributed by atoms with Gasteiger partial charge in [-0.25, -0.2) is 8.78 Å². The van der Waals surface area contributed by atoms with Crippen LogP contribution in [0.25, 0.3) is 0 Å². The smallest absolute Gasteiger partial charge is 0.257 e. The number of rotatable bonds is 5. The van der Waals surface area contributed by atoms with Gasteiger partial charge in [0, 0.05) is 37.1 Å². The monoisotopic (exact) mass is 306 g/mol. The number of hydrogen-bond donors (Lipinski definition) is 1. The number of para-hydroxylation sites is 1. The number of hydrogen-bond acceptors (Lipinski definition) is 3. The molecule has 6 heteroatoms. The van der Waals surface area contributed by atoms with Crippen LogP contribution in [-0.2, 0) is 6.54 Å². The number of nitrogens with zero attached hydrogens (tertiary/aromatic N) is 3. The maximum Gasteiger partial charge on any atom is 0.257 e. The minimum Gasteiger partial charge on any atom is -0.371 e. The minimum atomic E-state index is -2.37. The summed E-state index contributed by atoms with van der Waals surface area (Å²) in [5.74, 6) is 0.679. The second-order valence-corrected chi connectivity index (χ2v) is 5.56. The van der Waals surface area contributed by atoms with Crippen LogP contribution in [0.4, 0.5) is 20.3 Å². The third kappa shape index (κ3) is 3.75. The number of aromatic nitrogens is 2. The van der Waals surface area contributed by atoms with Crippen molar-refractivity contribution < 1.29 is 8.78 Å². The number of halogens is 2. The van der Waals surface area contributed by atoms with Gasteiger partial charge in [-0.1, -0.05) is 18.2 Å². The van der Waals surface area contributed by atoms with E-state index in [0.717, 1.165) is 25.9 Å². The average molecular weight is 306 g/mol. The molecule has 0 amide bonds. The van der Waals surface area contributed by atoms with E-state index in [0.29, 0.717) is 11.9 Å². The van der Waals surface area contributed by atoms with Crippen LogP contribution in [0.2, 0.25) is 0 Å². The molecule has 1 aliphatic rings. The summed E-state index contributed by atoms with van der Waals surface area (Å²) in [6, 6.07) is 12.5. The van der Waals surface area contributed by atoms with E-state index in [9.17, 15) is 8.78 Å². The molecule has 0 spiro atoms. The molecule has 22 heavy (non-hydrogen) atoms. The second kappa shape index (κ2) is 6.77. The van der Waals surface area contributed by atoms with Gasteiger partial charge < -0.3 is 10.2 Å². The fraction of sp³-hybridized carbons (Fsp3) is 0.438. The van der Waals surface area contributed by atoms with Crippen molar-refractivity contribution in [2.45, 2.75) is 31.9 Å². The Hall–Kier alpha value is -2.11. The van der Waals surface area contributed by atoms with Gasteiger partial charge in [-0.05, 0) is 25.0 Å². The molecule has 1 fully saturated rings. The number of benzene rings is 1. The summed E-state index contributed by atoms with van der Waals surface area (Å²) in [7, 11) is 0. The van der Waals surface area contributed by atoms with Gasteiger partial charge in [0.25, 0.3) is 6.43 Å². The van der Waals surface area contributed by atoms with Gasteiger partial charge in [0.15, 0.2) is 0 Å². The van der Waals surface area contributed by atoms with Crippen LogP contribution in [0.5, 0.6) is 0 Å². The first-order chi connectivity index (χ1) is 10.7. The molecule has 0 atom stereocenters. The molecular weight excluding hydrogens is 286 g/mol. The van der Waals surface area contributed by atoms with E-state index < -0.39 is 6.43 Å². The zero-order valence-corrected chi connectivity index (χ0v) is 12.3. The van der Waals surface area contributed by atoms with Crippen molar-refractivity contribution >= 4 is 11.5 Å². The largest absolute Gasteiger partial charge is 0.371 e. The molecular formula is C16H20F2N4. The Morgan fingerprint density at radius 1 is 1.14 bits per heavy atom. The van der Waals surface area contributed by atoms with Crippen molar-refractivity contribution in [3.05, 3.63) is 42.6 Å². The fourth-order valence-corrected chi connectivity index (χ4v) is 2.81. The lowest BCUT2D eigenvalue weighted by Gasteiger charge is -2.34. The van der Waals surface area contributed by atoms with Crippen LogP contribution < -0.4 is 10.2 Å². The lowest BCUT2D eigenvalue weighted by atomic mass is 10.0. The lowest BCUT2D eigenvalue weighted by molar-refractivity contribution is 0.122. The van der Waals surface area contributed by atoms with E-state index in [1.807, 2.05) is 6.07 Å². The third-order valence-electron chi connectivity index (χ3n) is 3.93. The maximum absolute atomic E-state index is 12.3. The van der Waals surface area contributed by atoms with Crippen molar-refractivity contribution in [3.63, 3.8) is 0 Å². The topological polar surface area (TPSA) is 33.1 Å². The maximum atomic E-state index is 12.3. The first-order valence-corrected chi connectivity index (χ1v) is 7.59. The van der Waals surface area contributed by atoms with Crippen molar-refractivity contribution in [2.24, 2.45) is 0 Å². The highest BCUT2D eigenvalue weighted by atomic mass is 19.3. The van der Waals surface area contributed by atoms with Crippen molar-refractivity contribution in [2.75, 3.05) is 23.3 Å². The summed E-state index contributed by atoms with van der Waals surface area (Å²) in [5, 5.41) is 7.48. The Bertz CT molecular complexity index is 577. The number of nitrogens with one attached hydrogen (secondary N) is 1. The molecule has 118 valence electrons. The standard InChI is InChI=1S/C16H20F2N4/c17-15(18)12-22-11-8-16(20-22)19-13-6-9-21(10-7-13)14-4-2-1-3-5-14/h1-5,8,11,13,15H,6-7,9-10,12H2,(H,19,20). The van der Waals surface area contributed by atoms with Gasteiger partial charge in [0.05, 0.1) is 0 Å². The predicted molar refractivity (Wildman–Crippen MR) is 83.5 cm³/mol. The molecule has 0 saturated carbocycles. The van der Waals surface area contributed by atoms with E-state index in [1.54, 1.807) is 12.3 Å². The van der Waals surface area contributed by atoms with Gasteiger partial charge in [0.2, 0.25) is 0 Å². The predicted octanol–water partition coefficient (Wildman–Crippen LogP) is 3.23. The van der Waals surface area contributed by atoms with Crippen molar-refractivity contribution in [1.29, 1.82) is 0 Å². The zero-order chi connectivity index (χ0) is 15.4. The molecule has 0 aliphatic carbocycles. The van der Waals surface area contributed by atoms with Crippen LogP contribution in [0.15, 0.2) is 42.6 Å². The third-order valence-corrected chi connectivity index (χ3v) is 3.93. The van der Waals surface area contributed by atoms with Crippen LogP contribution in [0.3, 0.4) is 0 Å². The Balaban J connectivity index is 1.50. The zero-order valence-electron chi connectivity index (χ0n) is 12.3. The summed E-state index contributed by atoms with van der Waals surface area (Å²) >= 11 is 0. The average Bonchev–Trinajstić information content (AvgIpc) is 2.95.